The summed E-state index contributed by atoms with van der Waals surface area (Å²) in [7, 11) is -1.70. The van der Waals surface area contributed by atoms with Gasteiger partial charge >= 0.3 is 7.12 Å². The maximum atomic E-state index is 12.5. The molecule has 26 heavy (non-hydrogen) atoms. The maximum Gasteiger partial charge on any atom is 0.496 e. The van der Waals surface area contributed by atoms with Crippen molar-refractivity contribution in [1.82, 2.24) is 4.72 Å². The van der Waals surface area contributed by atoms with Gasteiger partial charge in [-0.25, -0.2) is 8.93 Å². The summed E-state index contributed by atoms with van der Waals surface area (Å²) in [4.78, 5) is 0. The topological polar surface area (TPSA) is 73.6 Å². The predicted octanol–water partition coefficient (Wildman–Crippen LogP) is 2.99. The zero-order chi connectivity index (χ0) is 20.1. The fraction of sp³-hybridized carbons (Fsp3) is 0.684. The first-order chi connectivity index (χ1) is 11.7. The minimum Gasteiger partial charge on any atom is -0.399 e. The molecule has 1 aromatic carbocycles. The summed E-state index contributed by atoms with van der Waals surface area (Å²) in [5.41, 5.74) is 9.07. The fourth-order valence-corrected chi connectivity index (χ4v) is 3.58. The molecule has 0 radical (unpaired) electrons. The summed E-state index contributed by atoms with van der Waals surface area (Å²) < 4.78 is 27.6. The third kappa shape index (κ3) is 4.16. The molecule has 3 N–H and O–H groups in total. The van der Waals surface area contributed by atoms with Crippen LogP contribution in [0.15, 0.2) is 12.1 Å². The van der Waals surface area contributed by atoms with Crippen LogP contribution in [0.25, 0.3) is 0 Å². The lowest BCUT2D eigenvalue weighted by molar-refractivity contribution is 0.00578. The van der Waals surface area contributed by atoms with Gasteiger partial charge in [-0.2, -0.15) is 0 Å². The summed E-state index contributed by atoms with van der Waals surface area (Å²) >= 11 is 0. The van der Waals surface area contributed by atoms with Crippen molar-refractivity contribution in [3.05, 3.63) is 23.3 Å². The largest absolute Gasteiger partial charge is 0.496 e. The first-order valence-electron chi connectivity index (χ1n) is 9.09. The van der Waals surface area contributed by atoms with Gasteiger partial charge < -0.3 is 15.0 Å². The molecule has 1 saturated heterocycles. The highest BCUT2D eigenvalue weighted by Gasteiger charge is 2.52. The Kier molecular flexibility index (Phi) is 5.71. The molecule has 0 spiro atoms. The fourth-order valence-electron chi connectivity index (χ4n) is 2.78. The second-order valence-corrected chi connectivity index (χ2v) is 11.2. The van der Waals surface area contributed by atoms with Gasteiger partial charge in [-0.15, -0.1) is 0 Å². The highest BCUT2D eigenvalue weighted by Crippen LogP contribution is 2.37. The Hall–Kier alpha value is -0.885. The predicted molar refractivity (Wildman–Crippen MR) is 111 cm³/mol. The van der Waals surface area contributed by atoms with Crippen LogP contribution in [-0.2, 0) is 20.3 Å². The molecule has 2 unspecified atom stereocenters. The van der Waals surface area contributed by atoms with Crippen molar-refractivity contribution >= 4 is 29.3 Å². The summed E-state index contributed by atoms with van der Waals surface area (Å²) in [5, 5.41) is 0. The molecule has 1 heterocycles. The number of nitrogens with one attached hydrogen (secondary N) is 1. The van der Waals surface area contributed by atoms with Gasteiger partial charge in [0.25, 0.3) is 0 Å². The highest BCUT2D eigenvalue weighted by molar-refractivity contribution is 7.84. The van der Waals surface area contributed by atoms with Gasteiger partial charge in [0, 0.05) is 17.2 Å². The number of hydrogen-bond acceptors (Lipinski definition) is 4. The van der Waals surface area contributed by atoms with Crippen molar-refractivity contribution < 1.29 is 13.5 Å². The van der Waals surface area contributed by atoms with Gasteiger partial charge in [0.1, 0.15) is 0 Å². The first-order valence-corrected chi connectivity index (χ1v) is 10.2. The Morgan fingerprint density at radius 1 is 1.15 bits per heavy atom. The maximum absolute atomic E-state index is 12.5. The third-order valence-corrected chi connectivity index (χ3v) is 6.88. The van der Waals surface area contributed by atoms with Crippen molar-refractivity contribution in [3.8, 4) is 0 Å². The Morgan fingerprint density at radius 3 is 2.12 bits per heavy atom. The normalized spacial score (nSPS) is 21.7. The minimum atomic E-state index is -1.18. The quantitative estimate of drug-likeness (QED) is 0.622. The van der Waals surface area contributed by atoms with Crippen molar-refractivity contribution in [1.29, 1.82) is 0 Å². The number of hydrogen-bond donors (Lipinski definition) is 2. The highest BCUT2D eigenvalue weighted by atomic mass is 32.2. The van der Waals surface area contributed by atoms with E-state index in [1.807, 2.05) is 74.4 Å². The third-order valence-electron chi connectivity index (χ3n) is 5.20. The summed E-state index contributed by atoms with van der Waals surface area (Å²) in [6.45, 7) is 17.9. The molecule has 0 aliphatic carbocycles. The lowest BCUT2D eigenvalue weighted by Crippen LogP contribution is -2.41. The molecule has 0 saturated carbocycles. The second-order valence-electron chi connectivity index (χ2n) is 9.17. The summed E-state index contributed by atoms with van der Waals surface area (Å²) in [5.74, 6) is 0. The molecule has 0 amide bonds. The molecule has 0 bridgehead atoms. The number of rotatable bonds is 4. The molecule has 1 aliphatic rings. The Labute approximate surface area is 161 Å². The Balaban J connectivity index is 2.36. The first kappa shape index (κ1) is 21.4. The smallest absolute Gasteiger partial charge is 0.399 e. The average molecular weight is 380 g/mol. The van der Waals surface area contributed by atoms with Crippen molar-refractivity contribution in [2.24, 2.45) is 0 Å². The average Bonchev–Trinajstić information content (AvgIpc) is 2.68. The lowest BCUT2D eigenvalue weighted by Gasteiger charge is -2.32. The van der Waals surface area contributed by atoms with Crippen LogP contribution in [0.2, 0.25) is 0 Å². The SMILES string of the molecule is Cc1cc(B2OC(C)(C)C(C)(C)O2)c(N)c(C(C)NS(=O)C(C)(C)C)c1. The number of nitrogen functional groups attached to an aromatic ring is 1. The van der Waals surface area contributed by atoms with Crippen LogP contribution in [0.1, 0.15) is 72.6 Å². The van der Waals surface area contributed by atoms with E-state index >= 15 is 0 Å². The Bertz CT molecular complexity index is 697. The van der Waals surface area contributed by atoms with E-state index in [0.29, 0.717) is 5.69 Å². The van der Waals surface area contributed by atoms with Crippen LogP contribution in [0, 0.1) is 6.92 Å². The molecule has 5 nitrogen and oxygen atoms in total. The summed E-state index contributed by atoms with van der Waals surface area (Å²) in [6.07, 6.45) is 0. The van der Waals surface area contributed by atoms with E-state index in [9.17, 15) is 4.21 Å². The van der Waals surface area contributed by atoms with Crippen LogP contribution in [0.3, 0.4) is 0 Å². The number of anilines is 1. The van der Waals surface area contributed by atoms with E-state index in [0.717, 1.165) is 16.6 Å². The van der Waals surface area contributed by atoms with E-state index in [4.69, 9.17) is 15.0 Å². The molecular formula is C19H33BN2O3S. The minimum absolute atomic E-state index is 0.156. The molecule has 7 heteroatoms. The monoisotopic (exact) mass is 380 g/mol. The standard InChI is InChI=1S/C19H33BN2O3S/c1-12-10-14(13(2)22-26(23)17(3,4)5)16(21)15(11-12)20-24-18(6,7)19(8,9)25-20/h10-11,13,22H,21H2,1-9H3. The van der Waals surface area contributed by atoms with Crippen LogP contribution in [0.4, 0.5) is 5.69 Å². The van der Waals surface area contributed by atoms with Gasteiger partial charge in [-0.3, -0.25) is 0 Å². The zero-order valence-electron chi connectivity index (χ0n) is 17.5. The molecule has 2 rings (SSSR count). The molecule has 0 aromatic heterocycles. The molecular weight excluding hydrogens is 347 g/mol. The van der Waals surface area contributed by atoms with E-state index in [1.165, 1.54) is 0 Å². The van der Waals surface area contributed by atoms with Gasteiger partial charge in [0.15, 0.2) is 0 Å². The van der Waals surface area contributed by atoms with Crippen LogP contribution < -0.4 is 15.9 Å². The second kappa shape index (κ2) is 6.93. The Morgan fingerprint density at radius 2 is 1.65 bits per heavy atom. The van der Waals surface area contributed by atoms with Crippen molar-refractivity contribution in [2.75, 3.05) is 5.73 Å². The molecule has 146 valence electrons. The van der Waals surface area contributed by atoms with Crippen LogP contribution in [-0.4, -0.2) is 27.3 Å². The van der Waals surface area contributed by atoms with Crippen LogP contribution >= 0.6 is 0 Å². The molecule has 2 atom stereocenters. The van der Waals surface area contributed by atoms with E-state index in [1.54, 1.807) is 0 Å². The van der Waals surface area contributed by atoms with Crippen molar-refractivity contribution in [3.63, 3.8) is 0 Å². The summed E-state index contributed by atoms with van der Waals surface area (Å²) in [6, 6.07) is 3.88. The molecule has 1 aliphatic heterocycles. The lowest BCUT2D eigenvalue weighted by atomic mass is 9.75. The molecule has 1 aromatic rings. The van der Waals surface area contributed by atoms with E-state index in [-0.39, 0.29) is 10.8 Å². The van der Waals surface area contributed by atoms with E-state index in [2.05, 4.69) is 4.72 Å². The van der Waals surface area contributed by atoms with Gasteiger partial charge in [0.05, 0.1) is 26.9 Å². The molecule has 1 fully saturated rings. The zero-order valence-corrected chi connectivity index (χ0v) is 18.3. The number of benzene rings is 1. The van der Waals surface area contributed by atoms with Gasteiger partial charge in [-0.1, -0.05) is 17.7 Å². The van der Waals surface area contributed by atoms with E-state index < -0.39 is 29.3 Å². The van der Waals surface area contributed by atoms with Crippen LogP contribution in [0.5, 0.6) is 0 Å². The van der Waals surface area contributed by atoms with Gasteiger partial charge in [0.2, 0.25) is 0 Å². The number of aryl methyl sites for hydroxylation is 1. The van der Waals surface area contributed by atoms with Gasteiger partial charge in [-0.05, 0) is 67.9 Å². The number of nitrogens with two attached hydrogens (primary N) is 1. The van der Waals surface area contributed by atoms with Crippen molar-refractivity contribution in [2.45, 2.75) is 84.3 Å².